The quantitative estimate of drug-likeness (QED) is 0.401. The van der Waals surface area contributed by atoms with Gasteiger partial charge in [-0.1, -0.05) is 58.5 Å². The van der Waals surface area contributed by atoms with Crippen molar-refractivity contribution in [2.24, 2.45) is 0 Å². The van der Waals surface area contributed by atoms with Gasteiger partial charge in [0.2, 0.25) is 6.33 Å². The lowest BCUT2D eigenvalue weighted by Gasteiger charge is -2.19. The van der Waals surface area contributed by atoms with Gasteiger partial charge in [0.25, 0.3) is 0 Å². The molecule has 0 N–H and O–H groups in total. The summed E-state index contributed by atoms with van der Waals surface area (Å²) in [6.07, 6.45) is 5.81. The van der Waals surface area contributed by atoms with Crippen LogP contribution in [0.2, 0.25) is 20.1 Å². The minimum Gasteiger partial charge on any atom is -1.00 e. The monoisotopic (exact) mass is 550 g/mol. The van der Waals surface area contributed by atoms with Crippen LogP contribution in [0.25, 0.3) is 0 Å². The molecule has 3 nitrogen and oxygen atoms in total. The molecule has 0 aliphatic heterocycles. The number of hydrogen-bond donors (Lipinski definition) is 0. The molecule has 0 amide bonds. The van der Waals surface area contributed by atoms with E-state index in [0.717, 1.165) is 17.7 Å². The number of ether oxygens (including phenoxy) is 1. The lowest BCUT2D eigenvalue weighted by molar-refractivity contribution is -0.704. The van der Waals surface area contributed by atoms with Gasteiger partial charge < -0.3 is 17.1 Å². The normalized spacial score (nSPS) is 11.1. The summed E-state index contributed by atoms with van der Waals surface area (Å²) >= 11 is 24.7. The van der Waals surface area contributed by atoms with Crippen LogP contribution in [0.1, 0.15) is 24.2 Å². The Hall–Kier alpha value is -0.360. The van der Waals surface area contributed by atoms with Crippen molar-refractivity contribution in [3.8, 4) is 0 Å². The smallest absolute Gasteiger partial charge is 0.243 e. The third-order valence-electron chi connectivity index (χ3n) is 4.25. The van der Waals surface area contributed by atoms with E-state index in [4.69, 9.17) is 51.1 Å². The van der Waals surface area contributed by atoms with Crippen LogP contribution in [0.15, 0.2) is 55.1 Å². The largest absolute Gasteiger partial charge is 1.00 e. The Kier molecular flexibility index (Phi) is 13.8. The predicted octanol–water partition coefficient (Wildman–Crippen LogP) is 4.21. The number of hydrogen-bond acceptors (Lipinski definition) is 1. The van der Waals surface area contributed by atoms with Gasteiger partial charge in [0.1, 0.15) is 25.0 Å². The van der Waals surface area contributed by atoms with Crippen LogP contribution in [0.5, 0.6) is 0 Å². The second kappa shape index (κ2) is 13.9. The summed E-state index contributed by atoms with van der Waals surface area (Å²) < 4.78 is 10.4. The standard InChI is InChI=1S/C20H19Cl4N2O.3ClH/c1-2-25-7-8-26(13-25)11-20(17-6-5-16(22)10-19(17)24)27-12-14-3-4-15(21)9-18(14)23;;;/h3-10,13,20H,2,11-12H2,1H3;3*1H/q+1;;;/p-1. The molecule has 3 aromatic rings. The van der Waals surface area contributed by atoms with Crippen LogP contribution in [0.3, 0.4) is 0 Å². The molecule has 0 aliphatic rings. The van der Waals surface area contributed by atoms with Crippen molar-refractivity contribution >= 4 is 71.2 Å². The average Bonchev–Trinajstić information content (AvgIpc) is 3.08. The number of nitrogens with zero attached hydrogens (tertiary/aromatic N) is 2. The highest BCUT2D eigenvalue weighted by Gasteiger charge is 2.20. The summed E-state index contributed by atoms with van der Waals surface area (Å²) in [7, 11) is 0. The van der Waals surface area contributed by atoms with Crippen molar-refractivity contribution in [2.45, 2.75) is 32.7 Å². The van der Waals surface area contributed by atoms with Crippen molar-refractivity contribution in [3.63, 3.8) is 0 Å². The van der Waals surface area contributed by atoms with Gasteiger partial charge in [-0.3, -0.25) is 0 Å². The van der Waals surface area contributed by atoms with E-state index < -0.39 is 0 Å². The zero-order valence-corrected chi connectivity index (χ0v) is 21.3. The molecule has 0 aliphatic carbocycles. The Balaban J connectivity index is 0.00000280. The van der Waals surface area contributed by atoms with Crippen LogP contribution in [0.4, 0.5) is 0 Å². The van der Waals surface area contributed by atoms with E-state index in [0.29, 0.717) is 33.2 Å². The third kappa shape index (κ3) is 7.96. The second-order valence-corrected chi connectivity index (χ2v) is 7.83. The first kappa shape index (κ1) is 29.6. The molecule has 0 radical (unpaired) electrons. The van der Waals surface area contributed by atoms with Crippen LogP contribution in [0, 0.1) is 0 Å². The van der Waals surface area contributed by atoms with Crippen molar-refractivity contribution < 1.29 is 21.7 Å². The lowest BCUT2D eigenvalue weighted by atomic mass is 10.1. The fourth-order valence-electron chi connectivity index (χ4n) is 2.76. The summed E-state index contributed by atoms with van der Waals surface area (Å²) in [5, 5.41) is 2.34. The Morgan fingerprint density at radius 2 is 1.60 bits per heavy atom. The number of benzene rings is 2. The number of aryl methyl sites for hydroxylation is 1. The Morgan fingerprint density at radius 1 is 0.967 bits per heavy atom. The van der Waals surface area contributed by atoms with E-state index in [1.54, 1.807) is 18.2 Å². The highest BCUT2D eigenvalue weighted by molar-refractivity contribution is 6.35. The van der Waals surface area contributed by atoms with Crippen molar-refractivity contribution in [1.29, 1.82) is 0 Å². The molecule has 0 bridgehead atoms. The number of halogens is 7. The SMILES string of the molecule is CCn1cc[n+](CC(OCc2ccc(Cl)cc2Cl)c2ccc(Cl)cc2Cl)c1.Cl.Cl.[Cl-]. The van der Waals surface area contributed by atoms with Crippen molar-refractivity contribution in [3.05, 3.63) is 86.3 Å². The molecule has 1 heterocycles. The van der Waals surface area contributed by atoms with Gasteiger partial charge >= 0.3 is 0 Å². The zero-order chi connectivity index (χ0) is 19.4. The topological polar surface area (TPSA) is 18.0 Å². The van der Waals surface area contributed by atoms with Crippen LogP contribution in [-0.4, -0.2) is 4.57 Å². The van der Waals surface area contributed by atoms with E-state index in [-0.39, 0.29) is 43.3 Å². The van der Waals surface area contributed by atoms with Crippen molar-refractivity contribution in [2.75, 3.05) is 0 Å². The summed E-state index contributed by atoms with van der Waals surface area (Å²) in [6.45, 7) is 3.95. The lowest BCUT2D eigenvalue weighted by Crippen LogP contribution is -3.00. The first-order chi connectivity index (χ1) is 13.0. The van der Waals surface area contributed by atoms with E-state index in [1.807, 2.05) is 36.9 Å². The van der Waals surface area contributed by atoms with Crippen LogP contribution >= 0.6 is 71.2 Å². The number of imidazole rings is 1. The molecular formula is C20H21Cl7N2O. The van der Waals surface area contributed by atoms with E-state index in [9.17, 15) is 0 Å². The van der Waals surface area contributed by atoms with E-state index in [2.05, 4.69) is 16.1 Å². The van der Waals surface area contributed by atoms with Crippen molar-refractivity contribution in [1.82, 2.24) is 4.57 Å². The van der Waals surface area contributed by atoms with Gasteiger partial charge in [0.05, 0.1) is 13.2 Å². The van der Waals surface area contributed by atoms with Gasteiger partial charge in [-0.2, -0.15) is 0 Å². The molecule has 0 saturated carbocycles. The molecule has 2 aromatic carbocycles. The molecule has 10 heteroatoms. The van der Waals surface area contributed by atoms with Gasteiger partial charge in [-0.25, -0.2) is 9.13 Å². The molecule has 1 aromatic heterocycles. The first-order valence-electron chi connectivity index (χ1n) is 8.51. The fraction of sp³-hybridized carbons (Fsp3) is 0.250. The predicted molar refractivity (Wildman–Crippen MR) is 125 cm³/mol. The maximum atomic E-state index is 6.43. The highest BCUT2D eigenvalue weighted by atomic mass is 35.5. The minimum atomic E-state index is -0.265. The van der Waals surface area contributed by atoms with Gasteiger partial charge in [0.15, 0.2) is 0 Å². The summed E-state index contributed by atoms with van der Waals surface area (Å²) in [4.78, 5) is 0. The Bertz CT molecular complexity index is 933. The molecular weight excluding hydrogens is 532 g/mol. The molecule has 0 saturated heterocycles. The van der Waals surface area contributed by atoms with Gasteiger partial charge in [-0.05, 0) is 36.8 Å². The fourth-order valence-corrected chi connectivity index (χ4v) is 3.75. The highest BCUT2D eigenvalue weighted by Crippen LogP contribution is 2.30. The molecule has 3 rings (SSSR count). The molecule has 0 spiro atoms. The summed E-state index contributed by atoms with van der Waals surface area (Å²) in [5.74, 6) is 0. The minimum absolute atomic E-state index is 0. The third-order valence-corrected chi connectivity index (χ3v) is 5.40. The number of rotatable bonds is 7. The second-order valence-electron chi connectivity index (χ2n) is 6.14. The van der Waals surface area contributed by atoms with Gasteiger partial charge in [-0.15, -0.1) is 24.8 Å². The van der Waals surface area contributed by atoms with Crippen LogP contribution in [-0.2, 0) is 24.4 Å². The first-order valence-corrected chi connectivity index (χ1v) is 10.0. The molecule has 166 valence electrons. The average molecular weight is 554 g/mol. The maximum absolute atomic E-state index is 6.43. The molecule has 1 unspecified atom stereocenters. The molecule has 30 heavy (non-hydrogen) atoms. The zero-order valence-electron chi connectivity index (χ0n) is 15.9. The van der Waals surface area contributed by atoms with E-state index >= 15 is 0 Å². The van der Waals surface area contributed by atoms with Gasteiger partial charge in [0, 0.05) is 25.7 Å². The Morgan fingerprint density at radius 3 is 2.17 bits per heavy atom. The van der Waals surface area contributed by atoms with E-state index in [1.165, 1.54) is 0 Å². The van der Waals surface area contributed by atoms with Crippen LogP contribution < -0.4 is 17.0 Å². The summed E-state index contributed by atoms with van der Waals surface area (Å²) in [6, 6.07) is 10.8. The molecule has 1 atom stereocenters. The Labute approximate surface area is 215 Å². The maximum Gasteiger partial charge on any atom is 0.243 e. The summed E-state index contributed by atoms with van der Waals surface area (Å²) in [5.41, 5.74) is 1.75. The molecule has 0 fully saturated rings. The number of aromatic nitrogens is 2.